The Labute approximate surface area is 174 Å². The van der Waals surface area contributed by atoms with E-state index in [-0.39, 0.29) is 11.8 Å². The third kappa shape index (κ3) is 3.57. The molecule has 1 atom stereocenters. The van der Waals surface area contributed by atoms with Crippen LogP contribution in [0.15, 0.2) is 35.7 Å². The number of carbonyl (C=O) groups is 1. The number of aromatic amines is 1. The van der Waals surface area contributed by atoms with E-state index < -0.39 is 12.0 Å². The summed E-state index contributed by atoms with van der Waals surface area (Å²) in [6, 6.07) is 9.28. The number of nitrogens with one attached hydrogen (secondary N) is 1. The molecule has 9 nitrogen and oxygen atoms in total. The molecule has 1 fully saturated rings. The van der Waals surface area contributed by atoms with Crippen molar-refractivity contribution in [1.82, 2.24) is 15.1 Å². The Morgan fingerprint density at radius 3 is 2.87 bits per heavy atom. The van der Waals surface area contributed by atoms with E-state index in [0.29, 0.717) is 43.5 Å². The average Bonchev–Trinajstić information content (AvgIpc) is 3.17. The molecule has 1 saturated heterocycles. The monoisotopic (exact) mass is 409 g/mol. The van der Waals surface area contributed by atoms with E-state index >= 15 is 0 Å². The Kier molecular flexibility index (Phi) is 5.33. The van der Waals surface area contributed by atoms with E-state index in [1.165, 1.54) is 0 Å². The van der Waals surface area contributed by atoms with Crippen LogP contribution in [-0.2, 0) is 4.74 Å². The molecule has 0 saturated carbocycles. The minimum Gasteiger partial charge on any atom is -0.420 e. The lowest BCUT2D eigenvalue weighted by atomic mass is 9.82. The van der Waals surface area contributed by atoms with Gasteiger partial charge in [0.15, 0.2) is 0 Å². The highest BCUT2D eigenvalue weighted by atomic mass is 16.6. The van der Waals surface area contributed by atoms with Crippen molar-refractivity contribution in [3.05, 3.63) is 52.5 Å². The van der Waals surface area contributed by atoms with Crippen LogP contribution in [0.2, 0.25) is 0 Å². The minimum atomic E-state index is -0.475. The van der Waals surface area contributed by atoms with Gasteiger partial charge in [-0.2, -0.15) is 5.26 Å². The van der Waals surface area contributed by atoms with E-state index in [1.54, 1.807) is 23.1 Å². The number of hydrogen-bond donors (Lipinski definition) is 2. The third-order valence-electron chi connectivity index (χ3n) is 5.21. The topological polar surface area (TPSA) is 126 Å². The summed E-state index contributed by atoms with van der Waals surface area (Å²) in [5, 5.41) is 17.0. The van der Waals surface area contributed by atoms with E-state index in [9.17, 15) is 10.1 Å². The fourth-order valence-corrected chi connectivity index (χ4v) is 3.71. The highest BCUT2D eigenvalue weighted by molar-refractivity contribution is 5.71. The highest BCUT2D eigenvalue weighted by Crippen LogP contribution is 2.44. The molecule has 1 aromatic carbocycles. The second-order valence-corrected chi connectivity index (χ2v) is 7.48. The van der Waals surface area contributed by atoms with Gasteiger partial charge in [0.25, 0.3) is 0 Å². The molecular weight excluding hydrogens is 386 g/mol. The number of morpholine rings is 1. The van der Waals surface area contributed by atoms with E-state index in [4.69, 9.17) is 19.9 Å². The number of hydrogen-bond acceptors (Lipinski definition) is 7. The highest BCUT2D eigenvalue weighted by Gasteiger charge is 2.36. The van der Waals surface area contributed by atoms with Crippen LogP contribution in [0, 0.1) is 11.3 Å². The number of nitrogens with two attached hydrogens (primary N) is 1. The number of rotatable bonds is 3. The predicted molar refractivity (Wildman–Crippen MR) is 107 cm³/mol. The van der Waals surface area contributed by atoms with Crippen LogP contribution in [0.25, 0.3) is 0 Å². The van der Waals surface area contributed by atoms with E-state index in [0.717, 1.165) is 16.8 Å². The Bertz CT molecular complexity index is 1030. The lowest BCUT2D eigenvalue weighted by molar-refractivity contribution is 0.0416. The maximum atomic E-state index is 12.5. The number of aromatic nitrogens is 2. The third-order valence-corrected chi connectivity index (χ3v) is 5.21. The van der Waals surface area contributed by atoms with Crippen LogP contribution in [-0.4, -0.2) is 47.5 Å². The summed E-state index contributed by atoms with van der Waals surface area (Å²) in [4.78, 5) is 14.1. The first-order valence-electron chi connectivity index (χ1n) is 9.79. The van der Waals surface area contributed by atoms with Crippen LogP contribution in [0.5, 0.6) is 11.6 Å². The zero-order valence-electron chi connectivity index (χ0n) is 16.8. The van der Waals surface area contributed by atoms with Gasteiger partial charge in [-0.25, -0.2) is 4.79 Å². The molecule has 4 rings (SSSR count). The molecule has 0 radical (unpaired) electrons. The predicted octanol–water partition coefficient (Wildman–Crippen LogP) is 2.58. The maximum absolute atomic E-state index is 12.5. The number of benzene rings is 1. The molecule has 1 amide bonds. The van der Waals surface area contributed by atoms with Gasteiger partial charge < -0.3 is 24.8 Å². The normalized spacial score (nSPS) is 18.6. The second kappa shape index (κ2) is 8.08. The van der Waals surface area contributed by atoms with Crippen molar-refractivity contribution in [2.75, 3.05) is 26.3 Å². The van der Waals surface area contributed by atoms with Crippen LogP contribution in [0.3, 0.4) is 0 Å². The molecular formula is C21H23N5O4. The summed E-state index contributed by atoms with van der Waals surface area (Å²) >= 11 is 0. The summed E-state index contributed by atoms with van der Waals surface area (Å²) < 4.78 is 16.4. The Balaban J connectivity index is 1.69. The Morgan fingerprint density at radius 1 is 1.40 bits per heavy atom. The van der Waals surface area contributed by atoms with Gasteiger partial charge in [-0.15, -0.1) is 5.10 Å². The molecule has 0 bridgehead atoms. The number of nitriles is 1. The van der Waals surface area contributed by atoms with Gasteiger partial charge >= 0.3 is 6.09 Å². The number of ether oxygens (including phenoxy) is 3. The molecule has 0 spiro atoms. The SMILES string of the molecule is CC(C)c1[nH]nc2c1[C@@H](c1cccc(OC(=O)N3CCOCC3)c1)C(C#N)=C(N)O2. The van der Waals surface area contributed by atoms with E-state index in [1.807, 2.05) is 19.9 Å². The summed E-state index contributed by atoms with van der Waals surface area (Å²) in [5.41, 5.74) is 8.70. The molecule has 30 heavy (non-hydrogen) atoms. The number of nitrogens with zero attached hydrogens (tertiary/aromatic N) is 3. The largest absolute Gasteiger partial charge is 0.420 e. The summed E-state index contributed by atoms with van der Waals surface area (Å²) in [6.07, 6.45) is -0.426. The fourth-order valence-electron chi connectivity index (χ4n) is 3.71. The van der Waals surface area contributed by atoms with Gasteiger partial charge in [-0.1, -0.05) is 26.0 Å². The number of amides is 1. The first-order chi connectivity index (χ1) is 14.5. The number of fused-ring (bicyclic) bond motifs is 1. The summed E-state index contributed by atoms with van der Waals surface area (Å²) in [7, 11) is 0. The van der Waals surface area contributed by atoms with Gasteiger partial charge in [0.2, 0.25) is 11.8 Å². The lowest BCUT2D eigenvalue weighted by Crippen LogP contribution is -2.42. The van der Waals surface area contributed by atoms with Gasteiger partial charge in [0.1, 0.15) is 17.4 Å². The van der Waals surface area contributed by atoms with Crippen molar-refractivity contribution in [1.29, 1.82) is 5.26 Å². The van der Waals surface area contributed by atoms with Crippen LogP contribution in [0.4, 0.5) is 4.79 Å². The molecule has 1 aromatic heterocycles. The molecule has 9 heteroatoms. The first kappa shape index (κ1) is 19.8. The second-order valence-electron chi connectivity index (χ2n) is 7.48. The Hall–Kier alpha value is -3.51. The van der Waals surface area contributed by atoms with Crippen molar-refractivity contribution in [2.45, 2.75) is 25.7 Å². The molecule has 3 N–H and O–H groups in total. The van der Waals surface area contributed by atoms with Crippen LogP contribution in [0.1, 0.15) is 42.5 Å². The van der Waals surface area contributed by atoms with Crippen LogP contribution < -0.4 is 15.2 Å². The quantitative estimate of drug-likeness (QED) is 0.798. The molecule has 3 heterocycles. The van der Waals surface area contributed by atoms with Crippen molar-refractivity contribution in [2.24, 2.45) is 5.73 Å². The summed E-state index contributed by atoms with van der Waals surface area (Å²) in [5.74, 6) is 0.428. The van der Waals surface area contributed by atoms with Crippen LogP contribution >= 0.6 is 0 Å². The van der Waals surface area contributed by atoms with Gasteiger partial charge in [-0.05, 0) is 23.6 Å². The standard InChI is InChI=1S/C21H23N5O4/c1-12(2)18-17-16(15(11-22)19(23)30-20(17)25-24-18)13-4-3-5-14(10-13)29-21(27)26-6-8-28-9-7-26/h3-5,10,12,16H,6-9,23H2,1-2H3,(H,24,25)/t16-/m0/s1. The zero-order chi connectivity index (χ0) is 21.3. The smallest absolute Gasteiger partial charge is 0.415 e. The number of allylic oxidation sites excluding steroid dienone is 1. The molecule has 2 aliphatic rings. The lowest BCUT2D eigenvalue weighted by Gasteiger charge is -2.26. The van der Waals surface area contributed by atoms with Crippen molar-refractivity contribution in [3.8, 4) is 17.7 Å². The minimum absolute atomic E-state index is 0.0209. The van der Waals surface area contributed by atoms with Gasteiger partial charge in [-0.3, -0.25) is 5.10 Å². The van der Waals surface area contributed by atoms with Crippen molar-refractivity contribution < 1.29 is 19.0 Å². The number of carbonyl (C=O) groups excluding carboxylic acids is 1. The molecule has 2 aromatic rings. The molecule has 0 aliphatic carbocycles. The van der Waals surface area contributed by atoms with Gasteiger partial charge in [0.05, 0.1) is 24.7 Å². The molecule has 156 valence electrons. The van der Waals surface area contributed by atoms with Crippen molar-refractivity contribution >= 4 is 6.09 Å². The first-order valence-corrected chi connectivity index (χ1v) is 9.79. The zero-order valence-corrected chi connectivity index (χ0v) is 16.8. The fraction of sp³-hybridized carbons (Fsp3) is 0.381. The summed E-state index contributed by atoms with van der Waals surface area (Å²) in [6.45, 7) is 6.03. The average molecular weight is 409 g/mol. The maximum Gasteiger partial charge on any atom is 0.415 e. The van der Waals surface area contributed by atoms with E-state index in [2.05, 4.69) is 16.3 Å². The van der Waals surface area contributed by atoms with Crippen molar-refractivity contribution in [3.63, 3.8) is 0 Å². The molecule has 2 aliphatic heterocycles. The molecule has 0 unspecified atom stereocenters. The Morgan fingerprint density at radius 2 is 2.17 bits per heavy atom. The number of H-pyrrole nitrogens is 1. The van der Waals surface area contributed by atoms with Gasteiger partial charge in [0, 0.05) is 18.8 Å².